The molecule has 0 aromatic heterocycles. The normalized spacial score (nSPS) is 15.7. The third kappa shape index (κ3) is 5.73. The Kier molecular flexibility index (Phi) is 7.86. The lowest BCUT2D eigenvalue weighted by Gasteiger charge is -2.34. The summed E-state index contributed by atoms with van der Waals surface area (Å²) in [6.07, 6.45) is 1.72. The monoisotopic (exact) mass is 444 g/mol. The molecule has 1 fully saturated rings. The number of sulfonamides is 1. The predicted molar refractivity (Wildman–Crippen MR) is 121 cm³/mol. The van der Waals surface area contributed by atoms with Crippen LogP contribution in [0.15, 0.2) is 53.4 Å². The first-order valence-corrected chi connectivity index (χ1v) is 12.3. The van der Waals surface area contributed by atoms with Gasteiger partial charge >= 0.3 is 0 Å². The molecule has 1 aliphatic rings. The van der Waals surface area contributed by atoms with Crippen LogP contribution in [0.2, 0.25) is 0 Å². The Morgan fingerprint density at radius 2 is 1.74 bits per heavy atom. The predicted octanol–water partition coefficient (Wildman–Crippen LogP) is 2.77. The SMILES string of the molecule is Cc1ccc(S(=O)(=O)N2CCC(C(=O)N(CCO)CCc3ccccc3)CC2)c(C)c1. The lowest BCUT2D eigenvalue weighted by molar-refractivity contribution is -0.137. The molecule has 1 saturated heterocycles. The van der Waals surface area contributed by atoms with Crippen LogP contribution in [0.1, 0.15) is 29.5 Å². The first-order chi connectivity index (χ1) is 14.8. The second-order valence-corrected chi connectivity index (χ2v) is 10.1. The third-order valence-corrected chi connectivity index (χ3v) is 8.01. The van der Waals surface area contributed by atoms with E-state index in [0.717, 1.165) is 23.1 Å². The summed E-state index contributed by atoms with van der Waals surface area (Å²) < 4.78 is 27.7. The van der Waals surface area contributed by atoms with E-state index in [9.17, 15) is 18.3 Å². The number of carbonyl (C=O) groups is 1. The number of aliphatic hydroxyl groups excluding tert-OH is 1. The van der Waals surface area contributed by atoms with E-state index in [1.165, 1.54) is 4.31 Å². The van der Waals surface area contributed by atoms with Gasteiger partial charge in [0.05, 0.1) is 11.5 Å². The number of hydrogen-bond acceptors (Lipinski definition) is 4. The number of aryl methyl sites for hydroxylation is 2. The zero-order valence-electron chi connectivity index (χ0n) is 18.3. The van der Waals surface area contributed by atoms with E-state index < -0.39 is 10.0 Å². The molecular weight excluding hydrogens is 412 g/mol. The van der Waals surface area contributed by atoms with Crippen LogP contribution in [0.25, 0.3) is 0 Å². The number of nitrogens with zero attached hydrogens (tertiary/aromatic N) is 2. The molecule has 1 aliphatic heterocycles. The van der Waals surface area contributed by atoms with Gasteiger partial charge in [0.15, 0.2) is 0 Å². The average molecular weight is 445 g/mol. The smallest absolute Gasteiger partial charge is 0.243 e. The number of benzene rings is 2. The van der Waals surface area contributed by atoms with Gasteiger partial charge < -0.3 is 10.0 Å². The van der Waals surface area contributed by atoms with E-state index in [-0.39, 0.29) is 18.4 Å². The first kappa shape index (κ1) is 23.4. The number of rotatable bonds is 8. The Labute approximate surface area is 185 Å². The summed E-state index contributed by atoms with van der Waals surface area (Å²) in [5, 5.41) is 9.42. The number of carbonyl (C=O) groups excluding carboxylic acids is 1. The Morgan fingerprint density at radius 3 is 2.35 bits per heavy atom. The van der Waals surface area contributed by atoms with Crippen LogP contribution >= 0.6 is 0 Å². The molecule has 1 N–H and O–H groups in total. The molecule has 6 nitrogen and oxygen atoms in total. The summed E-state index contributed by atoms with van der Waals surface area (Å²) in [6, 6.07) is 15.3. The fourth-order valence-corrected chi connectivity index (χ4v) is 5.87. The molecule has 2 aromatic rings. The molecule has 1 heterocycles. The summed E-state index contributed by atoms with van der Waals surface area (Å²) in [5.41, 5.74) is 2.92. The zero-order valence-corrected chi connectivity index (χ0v) is 19.1. The maximum atomic E-state index is 13.1. The fraction of sp³-hybridized carbons (Fsp3) is 0.458. The first-order valence-electron chi connectivity index (χ1n) is 10.8. The van der Waals surface area contributed by atoms with Crippen LogP contribution < -0.4 is 0 Å². The lowest BCUT2D eigenvalue weighted by atomic mass is 9.96. The van der Waals surface area contributed by atoms with E-state index in [0.29, 0.717) is 43.9 Å². The van der Waals surface area contributed by atoms with Crippen molar-refractivity contribution in [2.45, 2.75) is 38.0 Å². The van der Waals surface area contributed by atoms with E-state index in [2.05, 4.69) is 0 Å². The van der Waals surface area contributed by atoms with Gasteiger partial charge in [0.1, 0.15) is 0 Å². The molecule has 31 heavy (non-hydrogen) atoms. The molecule has 0 spiro atoms. The Hall–Kier alpha value is -2.22. The third-order valence-electron chi connectivity index (χ3n) is 5.95. The van der Waals surface area contributed by atoms with Crippen LogP contribution in [0.5, 0.6) is 0 Å². The molecule has 0 radical (unpaired) electrons. The van der Waals surface area contributed by atoms with Crippen molar-refractivity contribution in [3.05, 3.63) is 65.2 Å². The number of amides is 1. The van der Waals surface area contributed by atoms with Crippen LogP contribution in [-0.4, -0.2) is 61.4 Å². The maximum absolute atomic E-state index is 13.1. The average Bonchev–Trinajstić information content (AvgIpc) is 2.76. The van der Waals surface area contributed by atoms with Gasteiger partial charge in [0.25, 0.3) is 0 Å². The van der Waals surface area contributed by atoms with Crippen LogP contribution in [0.3, 0.4) is 0 Å². The van der Waals surface area contributed by atoms with Crippen molar-refractivity contribution >= 4 is 15.9 Å². The molecular formula is C24H32N2O4S. The summed E-state index contributed by atoms with van der Waals surface area (Å²) in [7, 11) is -3.57. The fourth-order valence-electron chi connectivity index (χ4n) is 4.19. The minimum Gasteiger partial charge on any atom is -0.395 e. The lowest BCUT2D eigenvalue weighted by Crippen LogP contribution is -2.45. The second kappa shape index (κ2) is 10.4. The molecule has 168 valence electrons. The highest BCUT2D eigenvalue weighted by atomic mass is 32.2. The summed E-state index contributed by atoms with van der Waals surface area (Å²) in [6.45, 7) is 5.18. The van der Waals surface area contributed by atoms with Crippen molar-refractivity contribution in [3.63, 3.8) is 0 Å². The molecule has 0 aliphatic carbocycles. The minimum absolute atomic E-state index is 0.00791. The molecule has 0 unspecified atom stereocenters. The van der Waals surface area contributed by atoms with E-state index in [1.807, 2.05) is 56.3 Å². The topological polar surface area (TPSA) is 77.9 Å². The van der Waals surface area contributed by atoms with Crippen LogP contribution in [0, 0.1) is 19.8 Å². The van der Waals surface area contributed by atoms with E-state index in [4.69, 9.17) is 0 Å². The van der Waals surface area contributed by atoms with Gasteiger partial charge in [-0.2, -0.15) is 4.31 Å². The van der Waals surface area contributed by atoms with Gasteiger partial charge in [-0.15, -0.1) is 0 Å². The van der Waals surface area contributed by atoms with Gasteiger partial charge in [-0.3, -0.25) is 4.79 Å². The molecule has 1 amide bonds. The summed E-state index contributed by atoms with van der Waals surface area (Å²) >= 11 is 0. The van der Waals surface area contributed by atoms with Crippen LogP contribution in [-0.2, 0) is 21.2 Å². The number of hydrogen-bond donors (Lipinski definition) is 1. The highest BCUT2D eigenvalue weighted by molar-refractivity contribution is 7.89. The highest BCUT2D eigenvalue weighted by Gasteiger charge is 2.34. The van der Waals surface area contributed by atoms with Crippen molar-refractivity contribution in [2.75, 3.05) is 32.8 Å². The van der Waals surface area contributed by atoms with Crippen molar-refractivity contribution in [1.82, 2.24) is 9.21 Å². The van der Waals surface area contributed by atoms with Crippen molar-refractivity contribution in [3.8, 4) is 0 Å². The van der Waals surface area contributed by atoms with Crippen molar-refractivity contribution < 1.29 is 18.3 Å². The quantitative estimate of drug-likeness (QED) is 0.679. The van der Waals surface area contributed by atoms with E-state index in [1.54, 1.807) is 11.0 Å². The second-order valence-electron chi connectivity index (χ2n) is 8.23. The number of aliphatic hydroxyl groups is 1. The Bertz CT molecular complexity index is 984. The van der Waals surface area contributed by atoms with Gasteiger partial charge in [-0.1, -0.05) is 48.0 Å². The molecule has 3 rings (SSSR count). The van der Waals surface area contributed by atoms with Gasteiger partial charge in [0, 0.05) is 32.1 Å². The highest BCUT2D eigenvalue weighted by Crippen LogP contribution is 2.27. The largest absolute Gasteiger partial charge is 0.395 e. The minimum atomic E-state index is -3.57. The molecule has 0 bridgehead atoms. The molecule has 0 saturated carbocycles. The van der Waals surface area contributed by atoms with Crippen molar-refractivity contribution in [1.29, 1.82) is 0 Å². The van der Waals surface area contributed by atoms with Gasteiger partial charge in [0.2, 0.25) is 15.9 Å². The molecule has 7 heteroatoms. The van der Waals surface area contributed by atoms with Gasteiger partial charge in [-0.25, -0.2) is 8.42 Å². The van der Waals surface area contributed by atoms with E-state index >= 15 is 0 Å². The Balaban J connectivity index is 1.62. The summed E-state index contributed by atoms with van der Waals surface area (Å²) in [4.78, 5) is 15.1. The Morgan fingerprint density at radius 1 is 1.06 bits per heavy atom. The maximum Gasteiger partial charge on any atom is 0.243 e. The van der Waals surface area contributed by atoms with Gasteiger partial charge in [-0.05, 0) is 50.3 Å². The molecule has 0 atom stereocenters. The standard InChI is InChI=1S/C24H32N2O4S/c1-19-8-9-23(20(2)18-19)31(29,30)26-14-11-22(12-15-26)24(28)25(16-17-27)13-10-21-6-4-3-5-7-21/h3-9,18,22,27H,10-17H2,1-2H3. The summed E-state index contributed by atoms with van der Waals surface area (Å²) in [5.74, 6) is -0.207. The van der Waals surface area contributed by atoms with Crippen molar-refractivity contribution in [2.24, 2.45) is 5.92 Å². The molecule has 2 aromatic carbocycles. The zero-order chi connectivity index (χ0) is 22.4. The van der Waals surface area contributed by atoms with Crippen LogP contribution in [0.4, 0.5) is 0 Å². The number of piperidine rings is 1.